The Hall–Kier alpha value is -4.45. The Morgan fingerprint density at radius 3 is 0.753 bits per heavy atom. The molecule has 1 atom stereocenters. The van der Waals surface area contributed by atoms with Gasteiger partial charge in [-0.1, -0.05) is 302 Å². The van der Waals surface area contributed by atoms with Gasteiger partial charge in [0.15, 0.2) is 6.10 Å². The van der Waals surface area contributed by atoms with Gasteiger partial charge in [-0.3, -0.25) is 14.4 Å². The topological polar surface area (TPSA) is 78.9 Å². The summed E-state index contributed by atoms with van der Waals surface area (Å²) in [6.07, 6.45) is 95.9. The molecule has 0 rings (SSSR count). The average Bonchev–Trinajstić information content (AvgIpc) is 3.47. The quantitative estimate of drug-likeness (QED) is 0.0261. The number of rotatable bonds is 60. The Labute approximate surface area is 500 Å². The molecule has 1 unspecified atom stereocenters. The van der Waals surface area contributed by atoms with Crippen LogP contribution in [0.1, 0.15) is 303 Å². The highest BCUT2D eigenvalue weighted by molar-refractivity contribution is 5.71. The zero-order valence-electron chi connectivity index (χ0n) is 52.8. The summed E-state index contributed by atoms with van der Waals surface area (Å²) in [6, 6.07) is 0. The first-order chi connectivity index (χ1) is 40.0. The maximum atomic E-state index is 12.9. The molecule has 0 spiro atoms. The minimum Gasteiger partial charge on any atom is -0.462 e. The second kappa shape index (κ2) is 68.1. The van der Waals surface area contributed by atoms with E-state index in [-0.39, 0.29) is 31.1 Å². The van der Waals surface area contributed by atoms with Crippen molar-refractivity contribution in [3.05, 3.63) is 134 Å². The fourth-order valence-corrected chi connectivity index (χ4v) is 9.18. The molecule has 6 nitrogen and oxygen atoms in total. The van der Waals surface area contributed by atoms with Gasteiger partial charge in [-0.25, -0.2) is 0 Å². The molecule has 460 valence electrons. The molecule has 0 aromatic heterocycles. The maximum Gasteiger partial charge on any atom is 0.306 e. The summed E-state index contributed by atoms with van der Waals surface area (Å²) in [6.45, 7) is 6.41. The minimum atomic E-state index is -0.800. The highest BCUT2D eigenvalue weighted by Crippen LogP contribution is 2.16. The standard InChI is InChI=1S/C75H124O6/c1-4-7-10-13-16-19-22-25-28-31-33-35-36-37-38-40-41-44-47-50-53-56-59-62-65-68-74(77)80-71-72(70-79-73(76)67-64-61-58-55-52-49-46-43-30-27-24-21-18-15-12-9-6-3)81-75(78)69-66-63-60-57-54-51-48-45-42-39-34-32-29-26-23-20-17-14-11-8-5-2/h7-8,10-11,16-17,19-20,25-26,28-29,33-35,37-39,41,44-45,48,72H,4-6,9,12-15,18,21-24,27,30-32,36,40,42-43,46-47,49-71H2,1-3H3/b10-7-,11-8-,19-16-,20-17-,28-25-,29-26-,35-33-,38-37-,39-34-,44-41-,48-45-. The van der Waals surface area contributed by atoms with E-state index in [0.29, 0.717) is 19.3 Å². The number of hydrogen-bond donors (Lipinski definition) is 0. The fraction of sp³-hybridized carbons (Fsp3) is 0.667. The van der Waals surface area contributed by atoms with E-state index in [1.807, 2.05) is 0 Å². The largest absolute Gasteiger partial charge is 0.462 e. The van der Waals surface area contributed by atoms with E-state index in [1.54, 1.807) is 0 Å². The van der Waals surface area contributed by atoms with Crippen molar-refractivity contribution in [1.29, 1.82) is 0 Å². The van der Waals surface area contributed by atoms with E-state index in [9.17, 15) is 14.4 Å². The van der Waals surface area contributed by atoms with Gasteiger partial charge in [0, 0.05) is 19.3 Å². The summed E-state index contributed by atoms with van der Waals surface area (Å²) in [5.41, 5.74) is 0. The number of esters is 3. The molecule has 0 aromatic carbocycles. The van der Waals surface area contributed by atoms with Crippen LogP contribution in [0.3, 0.4) is 0 Å². The normalized spacial score (nSPS) is 13.0. The van der Waals surface area contributed by atoms with Crippen LogP contribution in [0.4, 0.5) is 0 Å². The van der Waals surface area contributed by atoms with Crippen molar-refractivity contribution in [3.63, 3.8) is 0 Å². The van der Waals surface area contributed by atoms with E-state index < -0.39 is 6.10 Å². The highest BCUT2D eigenvalue weighted by Gasteiger charge is 2.19. The molecular weight excluding hydrogens is 997 g/mol. The van der Waals surface area contributed by atoms with Crippen LogP contribution in [0.2, 0.25) is 0 Å². The smallest absolute Gasteiger partial charge is 0.306 e. The van der Waals surface area contributed by atoms with Gasteiger partial charge >= 0.3 is 17.9 Å². The average molecular weight is 1120 g/mol. The molecule has 0 amide bonds. The Bertz CT molecular complexity index is 1720. The summed E-state index contributed by atoms with van der Waals surface area (Å²) < 4.78 is 17.0. The second-order valence-corrected chi connectivity index (χ2v) is 22.0. The van der Waals surface area contributed by atoms with Crippen LogP contribution in [-0.4, -0.2) is 37.2 Å². The van der Waals surface area contributed by atoms with Gasteiger partial charge < -0.3 is 14.2 Å². The number of hydrogen-bond acceptors (Lipinski definition) is 6. The monoisotopic (exact) mass is 1120 g/mol. The van der Waals surface area contributed by atoms with Crippen LogP contribution in [0.25, 0.3) is 0 Å². The minimum absolute atomic E-state index is 0.0921. The third-order valence-corrected chi connectivity index (χ3v) is 14.2. The lowest BCUT2D eigenvalue weighted by molar-refractivity contribution is -0.167. The molecule has 0 aliphatic rings. The molecular formula is C75H124O6. The van der Waals surface area contributed by atoms with Crippen molar-refractivity contribution in [2.45, 2.75) is 309 Å². The van der Waals surface area contributed by atoms with E-state index in [4.69, 9.17) is 14.2 Å². The van der Waals surface area contributed by atoms with E-state index in [1.165, 1.54) is 103 Å². The van der Waals surface area contributed by atoms with Gasteiger partial charge in [-0.05, 0) is 116 Å². The molecule has 0 fully saturated rings. The molecule has 0 heterocycles. The molecule has 81 heavy (non-hydrogen) atoms. The van der Waals surface area contributed by atoms with Gasteiger partial charge in [-0.15, -0.1) is 0 Å². The van der Waals surface area contributed by atoms with Crippen LogP contribution < -0.4 is 0 Å². The van der Waals surface area contributed by atoms with E-state index >= 15 is 0 Å². The van der Waals surface area contributed by atoms with Gasteiger partial charge in [0.05, 0.1) is 0 Å². The van der Waals surface area contributed by atoms with Crippen molar-refractivity contribution in [2.75, 3.05) is 13.2 Å². The molecule has 0 bridgehead atoms. The summed E-state index contributed by atoms with van der Waals surface area (Å²) in [4.78, 5) is 38.4. The Morgan fingerprint density at radius 1 is 0.259 bits per heavy atom. The van der Waals surface area contributed by atoms with Gasteiger partial charge in [-0.2, -0.15) is 0 Å². The van der Waals surface area contributed by atoms with E-state index in [2.05, 4.69) is 154 Å². The van der Waals surface area contributed by atoms with Crippen LogP contribution in [0, 0.1) is 0 Å². The van der Waals surface area contributed by atoms with Gasteiger partial charge in [0.25, 0.3) is 0 Å². The maximum absolute atomic E-state index is 12.9. The third-order valence-electron chi connectivity index (χ3n) is 14.2. The number of ether oxygens (including phenoxy) is 3. The summed E-state index contributed by atoms with van der Waals surface area (Å²) in [5, 5.41) is 0. The first kappa shape index (κ1) is 76.5. The molecule has 0 saturated carbocycles. The Kier molecular flexibility index (Phi) is 64.3. The lowest BCUT2D eigenvalue weighted by atomic mass is 10.0. The second-order valence-electron chi connectivity index (χ2n) is 22.0. The number of allylic oxidation sites excluding steroid dienone is 22. The summed E-state index contributed by atoms with van der Waals surface area (Å²) in [5.74, 6) is -0.918. The van der Waals surface area contributed by atoms with Crippen molar-refractivity contribution in [2.24, 2.45) is 0 Å². The molecule has 0 aliphatic heterocycles. The first-order valence-corrected chi connectivity index (χ1v) is 33.7. The van der Waals surface area contributed by atoms with Crippen LogP contribution in [0.5, 0.6) is 0 Å². The van der Waals surface area contributed by atoms with Crippen molar-refractivity contribution in [3.8, 4) is 0 Å². The van der Waals surface area contributed by atoms with E-state index in [0.717, 1.165) is 161 Å². The molecule has 6 heteroatoms. The molecule has 0 radical (unpaired) electrons. The Morgan fingerprint density at radius 2 is 0.481 bits per heavy atom. The Balaban J connectivity index is 4.46. The van der Waals surface area contributed by atoms with Crippen molar-refractivity contribution in [1.82, 2.24) is 0 Å². The predicted molar refractivity (Wildman–Crippen MR) is 353 cm³/mol. The lowest BCUT2D eigenvalue weighted by Crippen LogP contribution is -2.30. The fourth-order valence-electron chi connectivity index (χ4n) is 9.18. The molecule has 0 aromatic rings. The molecule has 0 saturated heterocycles. The number of carbonyl (C=O) groups is 3. The van der Waals surface area contributed by atoms with Crippen molar-refractivity contribution >= 4 is 17.9 Å². The van der Waals surface area contributed by atoms with Gasteiger partial charge in [0.2, 0.25) is 0 Å². The zero-order valence-corrected chi connectivity index (χ0v) is 52.8. The lowest BCUT2D eigenvalue weighted by Gasteiger charge is -2.18. The summed E-state index contributed by atoms with van der Waals surface area (Å²) >= 11 is 0. The van der Waals surface area contributed by atoms with Gasteiger partial charge in [0.1, 0.15) is 13.2 Å². The van der Waals surface area contributed by atoms with Crippen LogP contribution in [-0.2, 0) is 28.6 Å². The van der Waals surface area contributed by atoms with Crippen LogP contribution in [0.15, 0.2) is 134 Å². The number of unbranched alkanes of at least 4 members (excludes halogenated alkanes) is 27. The highest BCUT2D eigenvalue weighted by atomic mass is 16.6. The van der Waals surface area contributed by atoms with Crippen LogP contribution >= 0.6 is 0 Å². The number of carbonyl (C=O) groups excluding carboxylic acids is 3. The van der Waals surface area contributed by atoms with Crippen molar-refractivity contribution < 1.29 is 28.6 Å². The summed E-state index contributed by atoms with van der Waals surface area (Å²) in [7, 11) is 0. The molecule has 0 N–H and O–H groups in total. The first-order valence-electron chi connectivity index (χ1n) is 33.7. The third kappa shape index (κ3) is 66.2. The predicted octanol–water partition coefficient (Wildman–Crippen LogP) is 23.3. The SMILES string of the molecule is CC/C=C\C/C=C\C/C=C\C/C=C\C/C=C\C/C=C\CCCCCCCCC(=O)OCC(COC(=O)CCCCCCCCCCCCCCCCCCC)OC(=O)CCCCCCC/C=C\C/C=C\C/C=C\C/C=C\C/C=C\CC. The molecule has 0 aliphatic carbocycles. The zero-order chi connectivity index (χ0) is 58.5.